The van der Waals surface area contributed by atoms with Crippen molar-refractivity contribution in [1.29, 1.82) is 0 Å². The third-order valence-electron chi connectivity index (χ3n) is 4.11. The van der Waals surface area contributed by atoms with Crippen LogP contribution in [0.25, 0.3) is 0 Å². The maximum atomic E-state index is 11.6. The SMILES string of the molecule is CC(C)=CCC/C(C)=C/CC/C(C)=C/CSCC(NC(=O)CC[N+](=O)[O-])C(=O)O. The van der Waals surface area contributed by atoms with Gasteiger partial charge in [0.25, 0.3) is 0 Å². The maximum absolute atomic E-state index is 11.6. The summed E-state index contributed by atoms with van der Waals surface area (Å²) in [5.74, 6) is -0.884. The Labute approximate surface area is 177 Å². The molecular formula is C21H34N2O5S. The fourth-order valence-corrected chi connectivity index (χ4v) is 3.36. The van der Waals surface area contributed by atoms with Crippen molar-refractivity contribution in [3.8, 4) is 0 Å². The molecule has 0 aromatic carbocycles. The molecule has 1 amide bonds. The highest BCUT2D eigenvalue weighted by atomic mass is 32.2. The summed E-state index contributed by atoms with van der Waals surface area (Å²) in [6.45, 7) is 7.92. The highest BCUT2D eigenvalue weighted by Gasteiger charge is 2.20. The molecule has 0 fully saturated rings. The molecule has 0 aliphatic carbocycles. The molecule has 29 heavy (non-hydrogen) atoms. The van der Waals surface area contributed by atoms with E-state index < -0.39 is 29.4 Å². The van der Waals surface area contributed by atoms with Crippen LogP contribution >= 0.6 is 11.8 Å². The first-order valence-corrected chi connectivity index (χ1v) is 10.9. The van der Waals surface area contributed by atoms with E-state index in [4.69, 9.17) is 0 Å². The van der Waals surface area contributed by atoms with Gasteiger partial charge in [0.2, 0.25) is 12.5 Å². The molecule has 0 saturated carbocycles. The minimum atomic E-state index is -1.14. The molecule has 8 heteroatoms. The Morgan fingerprint density at radius 1 is 1.03 bits per heavy atom. The van der Waals surface area contributed by atoms with Gasteiger partial charge < -0.3 is 10.4 Å². The number of amides is 1. The van der Waals surface area contributed by atoms with Gasteiger partial charge in [-0.25, -0.2) is 4.79 Å². The minimum absolute atomic E-state index is 0.215. The van der Waals surface area contributed by atoms with Gasteiger partial charge in [-0.1, -0.05) is 34.9 Å². The van der Waals surface area contributed by atoms with Gasteiger partial charge in [0.05, 0.1) is 6.42 Å². The second-order valence-electron chi connectivity index (χ2n) is 7.26. The van der Waals surface area contributed by atoms with Crippen LogP contribution in [0.3, 0.4) is 0 Å². The van der Waals surface area contributed by atoms with Crippen LogP contribution in [0.1, 0.15) is 59.8 Å². The molecule has 0 bridgehead atoms. The number of nitrogens with zero attached hydrogens (tertiary/aromatic N) is 1. The van der Waals surface area contributed by atoms with Crippen LogP contribution in [0.2, 0.25) is 0 Å². The summed E-state index contributed by atoms with van der Waals surface area (Å²) in [5, 5.41) is 21.8. The lowest BCUT2D eigenvalue weighted by Crippen LogP contribution is -2.43. The molecule has 1 unspecified atom stereocenters. The van der Waals surface area contributed by atoms with E-state index in [1.165, 1.54) is 28.5 Å². The number of allylic oxidation sites excluding steroid dienone is 5. The zero-order valence-electron chi connectivity index (χ0n) is 17.9. The number of carbonyl (C=O) groups excluding carboxylic acids is 1. The molecule has 164 valence electrons. The van der Waals surface area contributed by atoms with Crippen LogP contribution in [-0.2, 0) is 9.59 Å². The van der Waals surface area contributed by atoms with Crippen molar-refractivity contribution in [2.24, 2.45) is 0 Å². The number of carboxylic acid groups (broad SMARTS) is 1. The number of rotatable bonds is 15. The number of nitrogens with one attached hydrogen (secondary N) is 1. The number of thioether (sulfide) groups is 1. The van der Waals surface area contributed by atoms with Crippen LogP contribution in [-0.4, -0.2) is 46.0 Å². The second kappa shape index (κ2) is 15.8. The number of nitro groups is 1. The molecule has 0 aliphatic heterocycles. The highest BCUT2D eigenvalue weighted by molar-refractivity contribution is 7.99. The van der Waals surface area contributed by atoms with E-state index in [1.807, 2.05) is 0 Å². The average Bonchev–Trinajstić information content (AvgIpc) is 2.61. The van der Waals surface area contributed by atoms with Gasteiger partial charge in [-0.15, -0.1) is 0 Å². The number of hydrogen-bond donors (Lipinski definition) is 2. The molecule has 1 atom stereocenters. The molecule has 0 aromatic rings. The predicted octanol–water partition coefficient (Wildman–Crippen LogP) is 4.38. The lowest BCUT2D eigenvalue weighted by atomic mass is 10.1. The quantitative estimate of drug-likeness (QED) is 0.174. The molecule has 0 rings (SSSR count). The first-order valence-electron chi connectivity index (χ1n) is 9.78. The topological polar surface area (TPSA) is 110 Å². The zero-order valence-corrected chi connectivity index (χ0v) is 18.7. The first kappa shape index (κ1) is 26.9. The van der Waals surface area contributed by atoms with E-state index in [9.17, 15) is 24.8 Å². The van der Waals surface area contributed by atoms with Crippen LogP contribution in [0, 0.1) is 10.1 Å². The van der Waals surface area contributed by atoms with E-state index in [0.29, 0.717) is 5.75 Å². The molecule has 0 spiro atoms. The smallest absolute Gasteiger partial charge is 0.327 e. The minimum Gasteiger partial charge on any atom is -0.480 e. The average molecular weight is 427 g/mol. The number of aliphatic carboxylic acids is 1. The standard InChI is InChI=1S/C21H34N2O5S/c1-16(2)7-5-8-17(3)9-6-10-18(4)12-14-29-15-19(21(25)26)22-20(24)11-13-23(27)28/h7,9,12,19H,5-6,8,10-11,13-15H2,1-4H3,(H,22,24)(H,25,26)/b17-9+,18-12+. The third kappa shape index (κ3) is 16.6. The van der Waals surface area contributed by atoms with Crippen molar-refractivity contribution < 1.29 is 19.6 Å². The summed E-state index contributed by atoms with van der Waals surface area (Å²) in [6, 6.07) is -1.04. The summed E-state index contributed by atoms with van der Waals surface area (Å²) in [5.41, 5.74) is 3.98. The molecular weight excluding hydrogens is 392 g/mol. The molecule has 0 heterocycles. The van der Waals surface area contributed by atoms with Gasteiger partial charge in [0, 0.05) is 16.4 Å². The Morgan fingerprint density at radius 2 is 1.62 bits per heavy atom. The Morgan fingerprint density at radius 3 is 2.17 bits per heavy atom. The summed E-state index contributed by atoms with van der Waals surface area (Å²) in [6.07, 6.45) is 10.4. The number of hydrogen-bond acceptors (Lipinski definition) is 5. The van der Waals surface area contributed by atoms with Crippen molar-refractivity contribution >= 4 is 23.6 Å². The normalized spacial score (nSPS) is 13.0. The van der Waals surface area contributed by atoms with Crippen molar-refractivity contribution in [3.63, 3.8) is 0 Å². The van der Waals surface area contributed by atoms with Gasteiger partial charge in [-0.05, 0) is 53.4 Å². The fraction of sp³-hybridized carbons (Fsp3) is 0.619. The van der Waals surface area contributed by atoms with E-state index in [2.05, 4.69) is 51.2 Å². The van der Waals surface area contributed by atoms with Crippen LogP contribution in [0.4, 0.5) is 0 Å². The highest BCUT2D eigenvalue weighted by Crippen LogP contribution is 2.13. The largest absolute Gasteiger partial charge is 0.480 e. The summed E-state index contributed by atoms with van der Waals surface area (Å²) in [7, 11) is 0. The van der Waals surface area contributed by atoms with Crippen LogP contribution < -0.4 is 5.32 Å². The van der Waals surface area contributed by atoms with Gasteiger partial charge in [-0.2, -0.15) is 11.8 Å². The van der Waals surface area contributed by atoms with Crippen molar-refractivity contribution in [1.82, 2.24) is 5.32 Å². The van der Waals surface area contributed by atoms with Gasteiger partial charge in [-0.3, -0.25) is 14.9 Å². The number of carbonyl (C=O) groups is 2. The molecule has 0 saturated heterocycles. The predicted molar refractivity (Wildman–Crippen MR) is 119 cm³/mol. The lowest BCUT2D eigenvalue weighted by molar-refractivity contribution is -0.478. The van der Waals surface area contributed by atoms with Gasteiger partial charge >= 0.3 is 5.97 Å². The second-order valence-corrected chi connectivity index (χ2v) is 8.34. The zero-order chi connectivity index (χ0) is 22.2. The monoisotopic (exact) mass is 426 g/mol. The van der Waals surface area contributed by atoms with E-state index in [1.54, 1.807) is 0 Å². The Kier molecular flexibility index (Phi) is 14.7. The van der Waals surface area contributed by atoms with Gasteiger partial charge in [0.15, 0.2) is 0 Å². The van der Waals surface area contributed by atoms with Crippen LogP contribution in [0.5, 0.6) is 0 Å². The Hall–Kier alpha value is -2.09. The fourth-order valence-electron chi connectivity index (χ4n) is 2.36. The van der Waals surface area contributed by atoms with E-state index in [0.717, 1.165) is 25.7 Å². The van der Waals surface area contributed by atoms with Crippen LogP contribution in [0.15, 0.2) is 34.9 Å². The third-order valence-corrected chi connectivity index (χ3v) is 5.08. The molecule has 0 radical (unpaired) electrons. The number of carboxylic acids is 1. The molecule has 0 aromatic heterocycles. The molecule has 2 N–H and O–H groups in total. The van der Waals surface area contributed by atoms with Crippen molar-refractivity contribution in [2.75, 3.05) is 18.1 Å². The first-order chi connectivity index (χ1) is 13.6. The molecule has 7 nitrogen and oxygen atoms in total. The summed E-state index contributed by atoms with van der Waals surface area (Å²) < 4.78 is 0. The Balaban J connectivity index is 4.20. The summed E-state index contributed by atoms with van der Waals surface area (Å²) >= 11 is 1.41. The van der Waals surface area contributed by atoms with E-state index in [-0.39, 0.29) is 12.2 Å². The van der Waals surface area contributed by atoms with Gasteiger partial charge in [0.1, 0.15) is 6.04 Å². The van der Waals surface area contributed by atoms with Crippen molar-refractivity contribution in [2.45, 2.75) is 65.8 Å². The van der Waals surface area contributed by atoms with E-state index >= 15 is 0 Å². The maximum Gasteiger partial charge on any atom is 0.327 e. The van der Waals surface area contributed by atoms with Crippen molar-refractivity contribution in [3.05, 3.63) is 45.1 Å². The summed E-state index contributed by atoms with van der Waals surface area (Å²) in [4.78, 5) is 32.5. The Bertz CT molecular complexity index is 637. The lowest BCUT2D eigenvalue weighted by Gasteiger charge is -2.13. The molecule has 0 aliphatic rings.